The van der Waals surface area contributed by atoms with Gasteiger partial charge in [-0.2, -0.15) is 0 Å². The van der Waals surface area contributed by atoms with Gasteiger partial charge in [0.1, 0.15) is 0 Å². The SMILES string of the molecule is COCCNCCNC(=O)c1ccc(C)c(NC(=O)NC(C)(C)C)c1.Cl. The van der Waals surface area contributed by atoms with Crippen LogP contribution in [-0.4, -0.2) is 50.8 Å². The standard InChI is InChI=1S/C18H30N4O3.ClH/c1-13-6-7-14(16(23)20-9-8-19-10-11-25-5)12-15(13)21-17(24)22-18(2,3)4;/h6-7,12,19H,8-11H2,1-5H3,(H,20,23)(H2,21,22,24);1H. The maximum atomic E-state index is 12.2. The fraction of sp³-hybridized carbons (Fsp3) is 0.556. The maximum absolute atomic E-state index is 12.2. The van der Waals surface area contributed by atoms with Gasteiger partial charge in [0.25, 0.3) is 5.91 Å². The van der Waals surface area contributed by atoms with Gasteiger partial charge in [0.05, 0.1) is 6.61 Å². The lowest BCUT2D eigenvalue weighted by Crippen LogP contribution is -2.43. The van der Waals surface area contributed by atoms with Crippen LogP contribution in [0.2, 0.25) is 0 Å². The third kappa shape index (κ3) is 9.60. The van der Waals surface area contributed by atoms with E-state index >= 15 is 0 Å². The second kappa shape index (κ2) is 11.7. The van der Waals surface area contributed by atoms with E-state index in [1.807, 2.05) is 33.8 Å². The smallest absolute Gasteiger partial charge is 0.319 e. The molecule has 8 heteroatoms. The van der Waals surface area contributed by atoms with Crippen molar-refractivity contribution in [2.75, 3.05) is 38.7 Å². The minimum Gasteiger partial charge on any atom is -0.383 e. The van der Waals surface area contributed by atoms with Crippen molar-refractivity contribution in [3.8, 4) is 0 Å². The highest BCUT2D eigenvalue weighted by Crippen LogP contribution is 2.17. The van der Waals surface area contributed by atoms with E-state index in [9.17, 15) is 9.59 Å². The number of halogens is 1. The van der Waals surface area contributed by atoms with Gasteiger partial charge < -0.3 is 26.0 Å². The van der Waals surface area contributed by atoms with E-state index in [1.54, 1.807) is 19.2 Å². The lowest BCUT2D eigenvalue weighted by molar-refractivity contribution is 0.0953. The zero-order valence-electron chi connectivity index (χ0n) is 16.2. The van der Waals surface area contributed by atoms with Crippen molar-refractivity contribution in [3.05, 3.63) is 29.3 Å². The number of amides is 3. The fourth-order valence-electron chi connectivity index (χ4n) is 2.06. The number of ether oxygens (including phenoxy) is 1. The summed E-state index contributed by atoms with van der Waals surface area (Å²) in [4.78, 5) is 24.2. The topological polar surface area (TPSA) is 91.5 Å². The normalized spacial score (nSPS) is 10.7. The zero-order valence-corrected chi connectivity index (χ0v) is 17.0. The summed E-state index contributed by atoms with van der Waals surface area (Å²) in [6.45, 7) is 10.2. The third-order valence-corrected chi connectivity index (χ3v) is 3.31. The van der Waals surface area contributed by atoms with E-state index in [0.717, 1.165) is 12.1 Å². The van der Waals surface area contributed by atoms with Crippen LogP contribution in [0.3, 0.4) is 0 Å². The molecule has 148 valence electrons. The Balaban J connectivity index is 0.00000625. The molecule has 7 nitrogen and oxygen atoms in total. The molecular weight excluding hydrogens is 356 g/mol. The molecule has 0 unspecified atom stereocenters. The average Bonchev–Trinajstić information content (AvgIpc) is 2.50. The first-order valence-corrected chi connectivity index (χ1v) is 8.40. The molecule has 0 aliphatic heterocycles. The molecule has 0 aliphatic carbocycles. The number of methoxy groups -OCH3 is 1. The van der Waals surface area contributed by atoms with E-state index < -0.39 is 0 Å². The average molecular weight is 387 g/mol. The first kappa shape index (κ1) is 24.2. The highest BCUT2D eigenvalue weighted by molar-refractivity contribution is 5.97. The number of aryl methyl sites for hydroxylation is 1. The predicted octanol–water partition coefficient (Wildman–Crippen LogP) is 2.30. The van der Waals surface area contributed by atoms with E-state index in [2.05, 4.69) is 21.3 Å². The zero-order chi connectivity index (χ0) is 18.9. The number of carbonyl (C=O) groups is 2. The summed E-state index contributed by atoms with van der Waals surface area (Å²) >= 11 is 0. The van der Waals surface area contributed by atoms with Crippen molar-refractivity contribution in [2.45, 2.75) is 33.2 Å². The van der Waals surface area contributed by atoms with E-state index in [-0.39, 0.29) is 29.9 Å². The molecule has 0 fully saturated rings. The lowest BCUT2D eigenvalue weighted by atomic mass is 10.1. The maximum Gasteiger partial charge on any atom is 0.319 e. The molecule has 4 N–H and O–H groups in total. The number of carbonyl (C=O) groups excluding carboxylic acids is 2. The summed E-state index contributed by atoms with van der Waals surface area (Å²) in [5.74, 6) is -0.173. The van der Waals surface area contributed by atoms with Gasteiger partial charge in [-0.05, 0) is 45.4 Å². The van der Waals surface area contributed by atoms with Gasteiger partial charge in [0.2, 0.25) is 0 Å². The van der Waals surface area contributed by atoms with Crippen molar-refractivity contribution in [1.82, 2.24) is 16.0 Å². The van der Waals surface area contributed by atoms with Gasteiger partial charge in [0, 0.05) is 43.5 Å². The molecule has 1 aromatic rings. The van der Waals surface area contributed by atoms with Crippen LogP contribution in [0.25, 0.3) is 0 Å². The highest BCUT2D eigenvalue weighted by Gasteiger charge is 2.15. The molecular formula is C18H31ClN4O3. The number of urea groups is 1. The fourth-order valence-corrected chi connectivity index (χ4v) is 2.06. The van der Waals surface area contributed by atoms with Crippen LogP contribution < -0.4 is 21.3 Å². The van der Waals surface area contributed by atoms with Gasteiger partial charge >= 0.3 is 6.03 Å². The molecule has 0 atom stereocenters. The van der Waals surface area contributed by atoms with Crippen LogP contribution in [0, 0.1) is 6.92 Å². The van der Waals surface area contributed by atoms with Crippen LogP contribution in [0.4, 0.5) is 10.5 Å². The van der Waals surface area contributed by atoms with Gasteiger partial charge in [-0.1, -0.05) is 6.07 Å². The Bertz CT molecular complexity index is 588. The largest absolute Gasteiger partial charge is 0.383 e. The Kier molecular flexibility index (Phi) is 10.9. The van der Waals surface area contributed by atoms with Gasteiger partial charge in [-0.25, -0.2) is 4.79 Å². The second-order valence-electron chi connectivity index (χ2n) is 6.86. The number of hydrogen-bond donors (Lipinski definition) is 4. The number of nitrogens with one attached hydrogen (secondary N) is 4. The Morgan fingerprint density at radius 2 is 1.81 bits per heavy atom. The van der Waals surface area contributed by atoms with Crippen LogP contribution in [0.15, 0.2) is 18.2 Å². The summed E-state index contributed by atoms with van der Waals surface area (Å²) in [6.07, 6.45) is 0. The van der Waals surface area contributed by atoms with Crippen LogP contribution >= 0.6 is 12.4 Å². The quantitative estimate of drug-likeness (QED) is 0.516. The van der Waals surface area contributed by atoms with Crippen LogP contribution in [-0.2, 0) is 4.74 Å². The second-order valence-corrected chi connectivity index (χ2v) is 6.86. The summed E-state index contributed by atoms with van der Waals surface area (Å²) in [5, 5.41) is 11.6. The molecule has 0 saturated heterocycles. The van der Waals surface area contributed by atoms with Gasteiger partial charge in [-0.3, -0.25) is 4.79 Å². The molecule has 0 radical (unpaired) electrons. The van der Waals surface area contributed by atoms with E-state index in [1.165, 1.54) is 0 Å². The van der Waals surface area contributed by atoms with Gasteiger partial charge in [0.15, 0.2) is 0 Å². The Morgan fingerprint density at radius 1 is 1.12 bits per heavy atom. The van der Waals surface area contributed by atoms with E-state index in [0.29, 0.717) is 30.9 Å². The first-order valence-electron chi connectivity index (χ1n) is 8.40. The van der Waals surface area contributed by atoms with Crippen LogP contribution in [0.1, 0.15) is 36.7 Å². The summed E-state index contributed by atoms with van der Waals surface area (Å²) in [5.41, 5.74) is 1.69. The Morgan fingerprint density at radius 3 is 2.42 bits per heavy atom. The van der Waals surface area contributed by atoms with E-state index in [4.69, 9.17) is 4.74 Å². The lowest BCUT2D eigenvalue weighted by Gasteiger charge is -2.21. The first-order chi connectivity index (χ1) is 11.7. The van der Waals surface area contributed by atoms with Gasteiger partial charge in [-0.15, -0.1) is 12.4 Å². The molecule has 1 rings (SSSR count). The third-order valence-electron chi connectivity index (χ3n) is 3.31. The monoisotopic (exact) mass is 386 g/mol. The van der Waals surface area contributed by atoms with Crippen LogP contribution in [0.5, 0.6) is 0 Å². The number of anilines is 1. The summed E-state index contributed by atoms with van der Waals surface area (Å²) in [7, 11) is 1.65. The molecule has 1 aromatic carbocycles. The highest BCUT2D eigenvalue weighted by atomic mass is 35.5. The molecule has 0 aromatic heterocycles. The molecule has 0 bridgehead atoms. The van der Waals surface area contributed by atoms with Crippen molar-refractivity contribution in [2.24, 2.45) is 0 Å². The minimum atomic E-state index is -0.331. The molecule has 0 spiro atoms. The van der Waals surface area contributed by atoms with Crippen molar-refractivity contribution in [3.63, 3.8) is 0 Å². The number of benzene rings is 1. The Hall–Kier alpha value is -1.83. The molecule has 0 heterocycles. The van der Waals surface area contributed by atoms with Crippen molar-refractivity contribution >= 4 is 30.0 Å². The molecule has 3 amide bonds. The molecule has 0 aliphatic rings. The summed E-state index contributed by atoms with van der Waals surface area (Å²) in [6, 6.07) is 4.95. The number of hydrogen-bond acceptors (Lipinski definition) is 4. The summed E-state index contributed by atoms with van der Waals surface area (Å²) < 4.78 is 4.94. The number of rotatable bonds is 8. The van der Waals surface area contributed by atoms with Crippen molar-refractivity contribution < 1.29 is 14.3 Å². The molecule has 0 saturated carbocycles. The minimum absolute atomic E-state index is 0. The molecule has 26 heavy (non-hydrogen) atoms. The van der Waals surface area contributed by atoms with Crippen molar-refractivity contribution in [1.29, 1.82) is 0 Å². The Labute approximate surface area is 162 Å². The predicted molar refractivity (Wildman–Crippen MR) is 107 cm³/mol.